The summed E-state index contributed by atoms with van der Waals surface area (Å²) in [6, 6.07) is 1.86. The molecule has 2 bridgehead atoms. The maximum absolute atomic E-state index is 13.3. The van der Waals surface area contributed by atoms with Gasteiger partial charge >= 0.3 is 0 Å². The molecule has 0 unspecified atom stereocenters. The van der Waals surface area contributed by atoms with E-state index in [0.717, 1.165) is 36.5 Å². The monoisotopic (exact) mass is 396 g/mol. The number of anilines is 1. The lowest BCUT2D eigenvalue weighted by Crippen LogP contribution is -2.34. The molecule has 4 rings (SSSR count). The van der Waals surface area contributed by atoms with E-state index in [-0.39, 0.29) is 23.8 Å². The van der Waals surface area contributed by atoms with Crippen molar-refractivity contribution in [2.24, 2.45) is 4.99 Å². The van der Waals surface area contributed by atoms with Gasteiger partial charge in [0.15, 0.2) is 5.65 Å². The second-order valence-electron chi connectivity index (χ2n) is 7.69. The molecule has 1 fully saturated rings. The molecule has 1 amide bonds. The van der Waals surface area contributed by atoms with Gasteiger partial charge in [-0.15, -0.1) is 0 Å². The van der Waals surface area contributed by atoms with E-state index in [2.05, 4.69) is 26.9 Å². The van der Waals surface area contributed by atoms with E-state index in [1.165, 1.54) is 13.1 Å². The van der Waals surface area contributed by atoms with E-state index in [4.69, 9.17) is 4.98 Å². The van der Waals surface area contributed by atoms with E-state index in [9.17, 15) is 9.18 Å². The third-order valence-corrected chi connectivity index (χ3v) is 5.51. The highest BCUT2D eigenvalue weighted by atomic mass is 19.1. The van der Waals surface area contributed by atoms with Crippen molar-refractivity contribution in [3.63, 3.8) is 0 Å². The Morgan fingerprint density at radius 3 is 3.07 bits per heavy atom. The standard InChI is InChI=1S/C21H25FN6O/c1-13(22)11-23-17-7-6-14(2)25-21(29)16-12-24-28-10-8-19(26-20(16)28)27-9-4-5-18(27)15(17)3/h8,10-12,14,18H,3-7,9H2,1-2H3,(H,25,29)/b13-11+,23-17-/t14-,18-/m1/s1. The highest BCUT2D eigenvalue weighted by Crippen LogP contribution is 2.30. The zero-order valence-corrected chi connectivity index (χ0v) is 16.7. The molecule has 2 atom stereocenters. The molecule has 29 heavy (non-hydrogen) atoms. The van der Waals surface area contributed by atoms with Crippen molar-refractivity contribution in [1.82, 2.24) is 19.9 Å². The number of hydrogen-bond donors (Lipinski definition) is 1. The Bertz CT molecular complexity index is 1020. The van der Waals surface area contributed by atoms with Gasteiger partial charge in [0.1, 0.15) is 17.2 Å². The molecular formula is C21H25FN6O. The highest BCUT2D eigenvalue weighted by Gasteiger charge is 2.31. The first kappa shape index (κ1) is 19.3. The van der Waals surface area contributed by atoms with Crippen LogP contribution in [-0.4, -0.2) is 44.8 Å². The Morgan fingerprint density at radius 2 is 2.28 bits per heavy atom. The molecule has 1 saturated heterocycles. The quantitative estimate of drug-likeness (QED) is 0.801. The smallest absolute Gasteiger partial charge is 0.256 e. The van der Waals surface area contributed by atoms with Crippen LogP contribution in [0.25, 0.3) is 5.65 Å². The SMILES string of the molecule is C=C1/C(=N\C=C(/C)F)CC[C@@H](C)NC(=O)c2cnn3ccc(nc23)N2CCC[C@H]12. The molecule has 0 aromatic carbocycles. The topological polar surface area (TPSA) is 74.9 Å². The molecule has 2 aliphatic heterocycles. The van der Waals surface area contributed by atoms with Crippen LogP contribution in [0.1, 0.15) is 49.9 Å². The van der Waals surface area contributed by atoms with Gasteiger partial charge in [0, 0.05) is 24.5 Å². The number of carbonyl (C=O) groups is 1. The van der Waals surface area contributed by atoms with Crippen LogP contribution in [0.15, 0.2) is 47.6 Å². The summed E-state index contributed by atoms with van der Waals surface area (Å²) < 4.78 is 15.0. The van der Waals surface area contributed by atoms with Gasteiger partial charge in [-0.1, -0.05) is 6.58 Å². The van der Waals surface area contributed by atoms with Crippen LogP contribution in [0.5, 0.6) is 0 Å². The van der Waals surface area contributed by atoms with E-state index >= 15 is 0 Å². The summed E-state index contributed by atoms with van der Waals surface area (Å²) in [5.41, 5.74) is 2.64. The summed E-state index contributed by atoms with van der Waals surface area (Å²) in [5.74, 6) is 0.225. The summed E-state index contributed by atoms with van der Waals surface area (Å²) in [7, 11) is 0. The van der Waals surface area contributed by atoms with Gasteiger partial charge in [0.05, 0.1) is 18.4 Å². The Kier molecular flexibility index (Phi) is 5.17. The number of carbonyl (C=O) groups excluding carboxylic acids is 1. The molecule has 7 nitrogen and oxygen atoms in total. The number of amides is 1. The summed E-state index contributed by atoms with van der Waals surface area (Å²) in [6.07, 6.45) is 7.82. The van der Waals surface area contributed by atoms with Crippen LogP contribution >= 0.6 is 0 Å². The second kappa shape index (κ2) is 7.77. The van der Waals surface area contributed by atoms with Crippen molar-refractivity contribution in [3.05, 3.63) is 48.2 Å². The third kappa shape index (κ3) is 3.79. The predicted octanol–water partition coefficient (Wildman–Crippen LogP) is 3.44. The van der Waals surface area contributed by atoms with Crippen LogP contribution in [0, 0.1) is 0 Å². The number of nitrogens with one attached hydrogen (secondary N) is 1. The van der Waals surface area contributed by atoms with Crippen LogP contribution in [0.2, 0.25) is 0 Å². The van der Waals surface area contributed by atoms with E-state index in [0.29, 0.717) is 24.1 Å². The zero-order chi connectivity index (χ0) is 20.5. The van der Waals surface area contributed by atoms with Gasteiger partial charge < -0.3 is 10.2 Å². The number of halogens is 1. The fraction of sp³-hybridized carbons (Fsp3) is 0.429. The first-order valence-corrected chi connectivity index (χ1v) is 9.94. The van der Waals surface area contributed by atoms with Crippen molar-refractivity contribution < 1.29 is 9.18 Å². The first-order chi connectivity index (χ1) is 13.9. The lowest BCUT2D eigenvalue weighted by molar-refractivity contribution is 0.0940. The average Bonchev–Trinajstić information content (AvgIpc) is 3.33. The average molecular weight is 396 g/mol. The highest BCUT2D eigenvalue weighted by molar-refractivity contribution is 6.02. The van der Waals surface area contributed by atoms with Crippen molar-refractivity contribution in [2.75, 3.05) is 11.4 Å². The van der Waals surface area contributed by atoms with Crippen LogP contribution < -0.4 is 10.2 Å². The maximum atomic E-state index is 13.3. The van der Waals surface area contributed by atoms with Crippen molar-refractivity contribution >= 4 is 23.1 Å². The minimum absolute atomic E-state index is 0.0445. The van der Waals surface area contributed by atoms with Crippen molar-refractivity contribution in [2.45, 2.75) is 51.6 Å². The van der Waals surface area contributed by atoms with Crippen LogP contribution in [0.4, 0.5) is 10.2 Å². The molecule has 2 aromatic rings. The van der Waals surface area contributed by atoms with Gasteiger partial charge in [-0.25, -0.2) is 13.9 Å². The number of aromatic nitrogens is 3. The zero-order valence-electron chi connectivity index (χ0n) is 16.7. The summed E-state index contributed by atoms with van der Waals surface area (Å²) in [5, 5.41) is 7.26. The normalized spacial score (nSPS) is 25.0. The first-order valence-electron chi connectivity index (χ1n) is 9.94. The Labute approximate surface area is 169 Å². The summed E-state index contributed by atoms with van der Waals surface area (Å²) in [4.78, 5) is 24.1. The van der Waals surface area contributed by atoms with Gasteiger partial charge in [0.2, 0.25) is 0 Å². The predicted molar refractivity (Wildman–Crippen MR) is 111 cm³/mol. The molecule has 0 spiro atoms. The minimum atomic E-state index is -0.350. The van der Waals surface area contributed by atoms with Gasteiger partial charge in [-0.3, -0.25) is 9.79 Å². The van der Waals surface area contributed by atoms with Crippen molar-refractivity contribution in [1.29, 1.82) is 0 Å². The summed E-state index contributed by atoms with van der Waals surface area (Å²) in [6.45, 7) is 8.47. The lowest BCUT2D eigenvalue weighted by Gasteiger charge is -2.28. The van der Waals surface area contributed by atoms with Gasteiger partial charge in [-0.05, 0) is 51.2 Å². The summed E-state index contributed by atoms with van der Waals surface area (Å²) >= 11 is 0. The number of allylic oxidation sites excluding steroid dienone is 1. The fourth-order valence-corrected chi connectivity index (χ4v) is 3.98. The van der Waals surface area contributed by atoms with Crippen molar-refractivity contribution in [3.8, 4) is 0 Å². The molecule has 152 valence electrons. The Balaban J connectivity index is 1.80. The molecule has 1 N–H and O–H groups in total. The van der Waals surface area contributed by atoms with E-state index < -0.39 is 0 Å². The largest absolute Gasteiger partial charge is 0.349 e. The van der Waals surface area contributed by atoms with Gasteiger partial charge in [0.25, 0.3) is 5.91 Å². The maximum Gasteiger partial charge on any atom is 0.256 e. The van der Waals surface area contributed by atoms with E-state index in [1.54, 1.807) is 10.7 Å². The number of nitrogens with zero attached hydrogens (tertiary/aromatic N) is 5. The third-order valence-electron chi connectivity index (χ3n) is 5.51. The number of fused-ring (bicyclic) bond motifs is 3. The molecule has 0 saturated carbocycles. The number of aliphatic imine (C=N–C) groups is 1. The fourth-order valence-electron chi connectivity index (χ4n) is 3.98. The lowest BCUT2D eigenvalue weighted by atomic mass is 9.96. The number of rotatable bonds is 1. The second-order valence-corrected chi connectivity index (χ2v) is 7.69. The number of hydrogen-bond acceptors (Lipinski definition) is 5. The van der Waals surface area contributed by atoms with Gasteiger partial charge in [-0.2, -0.15) is 5.10 Å². The molecule has 8 heteroatoms. The van der Waals surface area contributed by atoms with E-state index in [1.807, 2.05) is 19.2 Å². The van der Waals surface area contributed by atoms with Crippen LogP contribution in [0.3, 0.4) is 0 Å². The molecule has 0 aliphatic carbocycles. The molecule has 2 aromatic heterocycles. The molecule has 2 aliphatic rings. The van der Waals surface area contributed by atoms with Crippen LogP contribution in [-0.2, 0) is 0 Å². The Hall–Kier alpha value is -3.03. The minimum Gasteiger partial charge on any atom is -0.349 e. The Morgan fingerprint density at radius 1 is 1.45 bits per heavy atom. The molecule has 4 heterocycles. The molecule has 0 radical (unpaired) electrons. The molecular weight excluding hydrogens is 371 g/mol.